The summed E-state index contributed by atoms with van der Waals surface area (Å²) in [5.74, 6) is -1.30. The normalized spacial score (nSPS) is 13.1. The lowest BCUT2D eigenvalue weighted by Crippen LogP contribution is -2.36. The molecule has 0 saturated carbocycles. The number of halogens is 1. The molecule has 2 amide bonds. The molecule has 25 heavy (non-hydrogen) atoms. The summed E-state index contributed by atoms with van der Waals surface area (Å²) in [6.45, 7) is 4.11. The largest absolute Gasteiger partial charge is 0.507 e. The summed E-state index contributed by atoms with van der Waals surface area (Å²) in [6, 6.07) is 8.83. The fourth-order valence-corrected chi connectivity index (χ4v) is 2.85. The highest BCUT2D eigenvalue weighted by atomic mass is 19.1. The summed E-state index contributed by atoms with van der Waals surface area (Å²) in [5, 5.41) is 12.6. The molecule has 0 radical (unpaired) electrons. The van der Waals surface area contributed by atoms with Crippen molar-refractivity contribution in [3.8, 4) is 5.75 Å². The molecule has 2 aromatic rings. The maximum absolute atomic E-state index is 13.4. The van der Waals surface area contributed by atoms with E-state index >= 15 is 0 Å². The van der Waals surface area contributed by atoms with Gasteiger partial charge in [0.1, 0.15) is 11.6 Å². The second-order valence-electron chi connectivity index (χ2n) is 5.82. The lowest BCUT2D eigenvalue weighted by atomic mass is 9.99. The number of aromatic hydroxyl groups is 1. The van der Waals surface area contributed by atoms with Crippen molar-refractivity contribution in [1.29, 1.82) is 0 Å². The molecular weight excluding hydrogens is 323 g/mol. The molecule has 1 aliphatic rings. The van der Waals surface area contributed by atoms with Gasteiger partial charge in [-0.15, -0.1) is 0 Å². The van der Waals surface area contributed by atoms with Crippen LogP contribution in [-0.4, -0.2) is 28.4 Å². The summed E-state index contributed by atoms with van der Waals surface area (Å²) in [5.41, 5.74) is 2.24. The summed E-state index contributed by atoms with van der Waals surface area (Å²) < 4.78 is 13.4. The van der Waals surface area contributed by atoms with E-state index in [4.69, 9.17) is 0 Å². The lowest BCUT2D eigenvalue weighted by molar-refractivity contribution is -0.111. The molecule has 0 aliphatic carbocycles. The average molecular weight is 340 g/mol. The first-order valence-corrected chi connectivity index (χ1v) is 7.81. The van der Waals surface area contributed by atoms with Crippen molar-refractivity contribution in [2.45, 2.75) is 13.0 Å². The van der Waals surface area contributed by atoms with Crippen LogP contribution in [0.1, 0.15) is 21.5 Å². The van der Waals surface area contributed by atoms with Crippen LogP contribution in [0.5, 0.6) is 5.75 Å². The number of hydrogen-bond donors (Lipinski definition) is 2. The molecule has 128 valence electrons. The minimum Gasteiger partial charge on any atom is -0.507 e. The van der Waals surface area contributed by atoms with Gasteiger partial charge < -0.3 is 15.3 Å². The van der Waals surface area contributed by atoms with Gasteiger partial charge in [-0.2, -0.15) is 0 Å². The number of nitrogens with one attached hydrogen (secondary N) is 1. The molecule has 1 heterocycles. The van der Waals surface area contributed by atoms with Gasteiger partial charge in [-0.3, -0.25) is 9.59 Å². The molecule has 1 aliphatic heterocycles. The monoisotopic (exact) mass is 340 g/mol. The van der Waals surface area contributed by atoms with Crippen molar-refractivity contribution in [3.05, 3.63) is 71.6 Å². The number of fused-ring (bicyclic) bond motifs is 1. The zero-order valence-electron chi connectivity index (χ0n) is 13.5. The Balaban J connectivity index is 1.84. The molecule has 6 heteroatoms. The fourth-order valence-electron chi connectivity index (χ4n) is 2.85. The van der Waals surface area contributed by atoms with E-state index in [9.17, 15) is 19.1 Å². The quantitative estimate of drug-likeness (QED) is 0.667. The van der Waals surface area contributed by atoms with E-state index in [1.807, 2.05) is 0 Å². The fraction of sp³-hybridized carbons (Fsp3) is 0.158. The Morgan fingerprint density at radius 2 is 2.00 bits per heavy atom. The molecule has 2 aromatic carbocycles. The molecule has 0 bridgehead atoms. The number of amides is 2. The highest BCUT2D eigenvalue weighted by molar-refractivity contribution is 6.02. The van der Waals surface area contributed by atoms with Crippen LogP contribution >= 0.6 is 0 Å². The second kappa shape index (κ2) is 6.76. The number of phenols is 1. The smallest absolute Gasteiger partial charge is 0.257 e. The first-order valence-electron chi connectivity index (χ1n) is 7.81. The zero-order chi connectivity index (χ0) is 18.0. The number of phenolic OH excluding ortho intramolecular Hbond substituents is 1. The number of carbonyl (C=O) groups is 2. The molecule has 3 rings (SSSR count). The van der Waals surface area contributed by atoms with Crippen LogP contribution in [0, 0.1) is 5.82 Å². The molecule has 5 nitrogen and oxygen atoms in total. The molecular formula is C19H17FN2O3. The minimum atomic E-state index is -0.411. The van der Waals surface area contributed by atoms with Crippen molar-refractivity contribution in [2.24, 2.45) is 0 Å². The highest BCUT2D eigenvalue weighted by Crippen LogP contribution is 2.26. The van der Waals surface area contributed by atoms with E-state index in [1.54, 1.807) is 11.0 Å². The van der Waals surface area contributed by atoms with E-state index in [0.29, 0.717) is 18.7 Å². The molecule has 0 atom stereocenters. The molecule has 0 unspecified atom stereocenters. The molecule has 0 aromatic heterocycles. The standard InChI is InChI=1S/C19H17FN2O3/c1-2-18(24)21-15-5-6-17(23)16(10-15)19(25)22-8-7-12-3-4-14(20)9-13(12)11-22/h2-6,9-10,23H,1,7-8,11H2,(H,21,24). The SMILES string of the molecule is C=CC(=O)Nc1ccc(O)c(C(=O)N2CCc3ccc(F)cc3C2)c1. The first kappa shape index (κ1) is 16.7. The van der Waals surface area contributed by atoms with Gasteiger partial charge in [-0.1, -0.05) is 12.6 Å². The number of hydrogen-bond acceptors (Lipinski definition) is 3. The topological polar surface area (TPSA) is 69.6 Å². The Bertz CT molecular complexity index is 864. The zero-order valence-corrected chi connectivity index (χ0v) is 13.5. The molecule has 0 saturated heterocycles. The Morgan fingerprint density at radius 3 is 2.76 bits per heavy atom. The third-order valence-corrected chi connectivity index (χ3v) is 4.15. The number of carbonyl (C=O) groups excluding carboxylic acids is 2. The summed E-state index contributed by atoms with van der Waals surface area (Å²) in [6.07, 6.45) is 1.74. The Labute approximate surface area is 144 Å². The second-order valence-corrected chi connectivity index (χ2v) is 5.82. The number of anilines is 1. The highest BCUT2D eigenvalue weighted by Gasteiger charge is 2.24. The predicted molar refractivity (Wildman–Crippen MR) is 91.8 cm³/mol. The van der Waals surface area contributed by atoms with Gasteiger partial charge in [0.05, 0.1) is 5.56 Å². The van der Waals surface area contributed by atoms with Crippen LogP contribution in [0.3, 0.4) is 0 Å². The van der Waals surface area contributed by atoms with E-state index < -0.39 is 5.91 Å². The Kier molecular flexibility index (Phi) is 4.52. The third kappa shape index (κ3) is 3.52. The van der Waals surface area contributed by atoms with E-state index in [2.05, 4.69) is 11.9 Å². The number of rotatable bonds is 3. The van der Waals surface area contributed by atoms with Crippen molar-refractivity contribution < 1.29 is 19.1 Å². The van der Waals surface area contributed by atoms with Gasteiger partial charge in [-0.05, 0) is 54.0 Å². The van der Waals surface area contributed by atoms with Gasteiger partial charge in [0.2, 0.25) is 5.91 Å². The van der Waals surface area contributed by atoms with Gasteiger partial charge in [-0.25, -0.2) is 4.39 Å². The predicted octanol–water partition coefficient (Wildman–Crippen LogP) is 2.85. The maximum atomic E-state index is 13.4. The van der Waals surface area contributed by atoms with Gasteiger partial charge in [0, 0.05) is 18.8 Å². The van der Waals surface area contributed by atoms with Gasteiger partial charge >= 0.3 is 0 Å². The third-order valence-electron chi connectivity index (χ3n) is 4.15. The van der Waals surface area contributed by atoms with Crippen LogP contribution < -0.4 is 5.32 Å². The van der Waals surface area contributed by atoms with Crippen LogP contribution in [-0.2, 0) is 17.8 Å². The van der Waals surface area contributed by atoms with Crippen molar-refractivity contribution in [2.75, 3.05) is 11.9 Å². The molecule has 0 spiro atoms. The maximum Gasteiger partial charge on any atom is 0.257 e. The summed E-state index contributed by atoms with van der Waals surface area (Å²) in [4.78, 5) is 25.7. The van der Waals surface area contributed by atoms with Gasteiger partial charge in [0.25, 0.3) is 5.91 Å². The molecule has 2 N–H and O–H groups in total. The Hall–Kier alpha value is -3.15. The number of benzene rings is 2. The van der Waals surface area contributed by atoms with E-state index in [-0.39, 0.29) is 29.6 Å². The van der Waals surface area contributed by atoms with Crippen molar-refractivity contribution in [1.82, 2.24) is 4.90 Å². The summed E-state index contributed by atoms with van der Waals surface area (Å²) in [7, 11) is 0. The Morgan fingerprint density at radius 1 is 1.20 bits per heavy atom. The van der Waals surface area contributed by atoms with Crippen molar-refractivity contribution in [3.63, 3.8) is 0 Å². The minimum absolute atomic E-state index is 0.0849. The van der Waals surface area contributed by atoms with E-state index in [1.165, 1.54) is 30.3 Å². The summed E-state index contributed by atoms with van der Waals surface area (Å²) >= 11 is 0. The lowest BCUT2D eigenvalue weighted by Gasteiger charge is -2.29. The van der Waals surface area contributed by atoms with Crippen LogP contribution in [0.2, 0.25) is 0 Å². The van der Waals surface area contributed by atoms with E-state index in [0.717, 1.165) is 17.2 Å². The number of nitrogens with zero attached hydrogens (tertiary/aromatic N) is 1. The van der Waals surface area contributed by atoms with Crippen LogP contribution in [0.25, 0.3) is 0 Å². The van der Waals surface area contributed by atoms with Gasteiger partial charge in [0.15, 0.2) is 0 Å². The first-order chi connectivity index (χ1) is 12.0. The van der Waals surface area contributed by atoms with Crippen molar-refractivity contribution >= 4 is 17.5 Å². The van der Waals surface area contributed by atoms with Crippen LogP contribution in [0.4, 0.5) is 10.1 Å². The average Bonchev–Trinajstić information content (AvgIpc) is 2.62. The molecule has 0 fully saturated rings. The van der Waals surface area contributed by atoms with Crippen LogP contribution in [0.15, 0.2) is 49.1 Å².